The van der Waals surface area contributed by atoms with E-state index in [4.69, 9.17) is 19.8 Å². The zero-order valence-corrected chi connectivity index (χ0v) is 14.5. The third kappa shape index (κ3) is 4.09. The van der Waals surface area contributed by atoms with E-state index in [2.05, 4.69) is 0 Å². The van der Waals surface area contributed by atoms with Gasteiger partial charge in [-0.25, -0.2) is 4.79 Å². The van der Waals surface area contributed by atoms with Crippen LogP contribution in [-0.2, 0) is 19.1 Å². The SMILES string of the molecule is CC(=N)C(C#N)C(=O)COC(=O)[C@@H]1CS[C@@H](c2ccco2)N1C(C)=O. The molecule has 1 unspecified atom stereocenters. The second-order valence-corrected chi connectivity index (χ2v) is 6.58. The van der Waals surface area contributed by atoms with E-state index in [0.29, 0.717) is 11.5 Å². The first kappa shape index (κ1) is 18.7. The predicted octanol–water partition coefficient (Wildman–Crippen LogP) is 1.53. The topological polar surface area (TPSA) is 124 Å². The Hall–Kier alpha value is -2.60. The van der Waals surface area contributed by atoms with Gasteiger partial charge in [-0.3, -0.25) is 9.59 Å². The molecule has 0 spiro atoms. The van der Waals surface area contributed by atoms with Gasteiger partial charge in [-0.15, -0.1) is 11.8 Å². The minimum Gasteiger partial charge on any atom is -0.466 e. The lowest BCUT2D eigenvalue weighted by atomic mass is 10.0. The summed E-state index contributed by atoms with van der Waals surface area (Å²) in [7, 11) is 0. The number of nitrogens with zero attached hydrogens (tertiary/aromatic N) is 2. The largest absolute Gasteiger partial charge is 0.466 e. The van der Waals surface area contributed by atoms with Gasteiger partial charge in [0, 0.05) is 18.4 Å². The fraction of sp³-hybridized carbons (Fsp3) is 0.438. The number of nitriles is 1. The molecule has 25 heavy (non-hydrogen) atoms. The van der Waals surface area contributed by atoms with Crippen molar-refractivity contribution in [1.29, 1.82) is 10.7 Å². The van der Waals surface area contributed by atoms with E-state index in [1.807, 2.05) is 0 Å². The average Bonchev–Trinajstić information content (AvgIpc) is 3.21. The van der Waals surface area contributed by atoms with Crippen LogP contribution in [0.5, 0.6) is 0 Å². The highest BCUT2D eigenvalue weighted by atomic mass is 32.2. The van der Waals surface area contributed by atoms with Crippen LogP contribution in [0.4, 0.5) is 0 Å². The molecule has 2 heterocycles. The number of rotatable bonds is 6. The Labute approximate surface area is 148 Å². The summed E-state index contributed by atoms with van der Waals surface area (Å²) in [6, 6.07) is 4.27. The molecule has 2 rings (SSSR count). The maximum absolute atomic E-state index is 12.3. The number of nitrogens with one attached hydrogen (secondary N) is 1. The van der Waals surface area contributed by atoms with Gasteiger partial charge < -0.3 is 19.5 Å². The minimum atomic E-state index is -1.23. The van der Waals surface area contributed by atoms with Gasteiger partial charge in [-0.1, -0.05) is 0 Å². The molecule has 1 saturated heterocycles. The first-order chi connectivity index (χ1) is 11.9. The summed E-state index contributed by atoms with van der Waals surface area (Å²) in [5, 5.41) is 15.8. The maximum atomic E-state index is 12.3. The van der Waals surface area contributed by atoms with Crippen LogP contribution < -0.4 is 0 Å². The molecule has 1 N–H and O–H groups in total. The lowest BCUT2D eigenvalue weighted by molar-refractivity contribution is -0.156. The molecule has 132 valence electrons. The van der Waals surface area contributed by atoms with Crippen molar-refractivity contribution in [2.24, 2.45) is 5.92 Å². The summed E-state index contributed by atoms with van der Waals surface area (Å²) in [5.74, 6) is -2.06. The fourth-order valence-electron chi connectivity index (χ4n) is 2.46. The monoisotopic (exact) mass is 363 g/mol. The first-order valence-electron chi connectivity index (χ1n) is 7.44. The molecule has 1 fully saturated rings. The van der Waals surface area contributed by atoms with Crippen molar-refractivity contribution < 1.29 is 23.5 Å². The van der Waals surface area contributed by atoms with Crippen molar-refractivity contribution in [2.75, 3.05) is 12.4 Å². The normalized spacial score (nSPS) is 20.6. The Bertz CT molecular complexity index is 725. The van der Waals surface area contributed by atoms with Gasteiger partial charge in [-0.2, -0.15) is 5.26 Å². The molecule has 1 aromatic rings. The molecule has 0 aromatic carbocycles. The molecule has 0 saturated carbocycles. The highest BCUT2D eigenvalue weighted by Gasteiger charge is 2.43. The Balaban J connectivity index is 2.04. The highest BCUT2D eigenvalue weighted by Crippen LogP contribution is 2.41. The summed E-state index contributed by atoms with van der Waals surface area (Å²) >= 11 is 1.36. The van der Waals surface area contributed by atoms with Crippen molar-refractivity contribution >= 4 is 35.1 Å². The average molecular weight is 363 g/mol. The number of carbonyl (C=O) groups excluding carboxylic acids is 3. The number of amides is 1. The quantitative estimate of drug-likeness (QED) is 0.600. The third-order valence-corrected chi connectivity index (χ3v) is 4.95. The number of hydrogen-bond acceptors (Lipinski definition) is 8. The van der Waals surface area contributed by atoms with E-state index >= 15 is 0 Å². The van der Waals surface area contributed by atoms with E-state index in [9.17, 15) is 14.4 Å². The first-order valence-corrected chi connectivity index (χ1v) is 8.49. The summed E-state index contributed by atoms with van der Waals surface area (Å²) < 4.78 is 10.3. The highest BCUT2D eigenvalue weighted by molar-refractivity contribution is 7.99. The second kappa shape index (κ2) is 7.98. The molecule has 1 aromatic heterocycles. The van der Waals surface area contributed by atoms with Gasteiger partial charge in [0.25, 0.3) is 0 Å². The van der Waals surface area contributed by atoms with E-state index in [-0.39, 0.29) is 11.6 Å². The summed E-state index contributed by atoms with van der Waals surface area (Å²) in [5.41, 5.74) is -0.108. The minimum absolute atomic E-state index is 0.108. The number of carbonyl (C=O) groups is 3. The summed E-state index contributed by atoms with van der Waals surface area (Å²) in [4.78, 5) is 37.5. The predicted molar refractivity (Wildman–Crippen MR) is 88.7 cm³/mol. The van der Waals surface area contributed by atoms with Gasteiger partial charge in [0.1, 0.15) is 23.1 Å². The Morgan fingerprint density at radius 1 is 1.52 bits per heavy atom. The van der Waals surface area contributed by atoms with Crippen molar-refractivity contribution in [1.82, 2.24) is 4.90 Å². The van der Waals surface area contributed by atoms with Gasteiger partial charge in [0.15, 0.2) is 12.4 Å². The third-order valence-electron chi connectivity index (χ3n) is 3.66. The molecule has 1 aliphatic rings. The van der Waals surface area contributed by atoms with Gasteiger partial charge in [0.05, 0.1) is 12.3 Å². The Morgan fingerprint density at radius 2 is 2.24 bits per heavy atom. The number of Topliss-reactive ketones (excluding diaryl/α,β-unsaturated/α-hetero) is 1. The molecule has 8 nitrogen and oxygen atoms in total. The zero-order valence-electron chi connectivity index (χ0n) is 13.7. The van der Waals surface area contributed by atoms with E-state index in [1.165, 1.54) is 36.8 Å². The van der Waals surface area contributed by atoms with E-state index in [0.717, 1.165) is 0 Å². The van der Waals surface area contributed by atoms with Crippen LogP contribution in [-0.4, -0.2) is 46.7 Å². The second-order valence-electron chi connectivity index (χ2n) is 5.46. The Kier molecular flexibility index (Phi) is 5.98. The molecule has 3 atom stereocenters. The van der Waals surface area contributed by atoms with Crippen molar-refractivity contribution in [2.45, 2.75) is 25.3 Å². The van der Waals surface area contributed by atoms with Gasteiger partial charge in [-0.05, 0) is 19.1 Å². The molecule has 1 aliphatic heterocycles. The standard InChI is InChI=1S/C16H17N3O5S/c1-9(18)11(6-17)13(21)7-24-16(22)12-8-25-15(19(12)10(2)20)14-4-3-5-23-14/h3-5,11-12,15,18H,7-8H2,1-2H3/t11?,12-,15-/m0/s1. The maximum Gasteiger partial charge on any atom is 0.330 e. The van der Waals surface area contributed by atoms with Crippen LogP contribution in [0.3, 0.4) is 0 Å². The number of hydrogen-bond donors (Lipinski definition) is 1. The van der Waals surface area contributed by atoms with Crippen LogP contribution in [0.1, 0.15) is 25.0 Å². The number of furan rings is 1. The number of thioether (sulfide) groups is 1. The summed E-state index contributed by atoms with van der Waals surface area (Å²) in [6.45, 7) is 2.08. The van der Waals surface area contributed by atoms with Crippen molar-refractivity contribution in [3.63, 3.8) is 0 Å². The number of ether oxygens (including phenoxy) is 1. The molecular weight excluding hydrogens is 346 g/mol. The van der Waals surface area contributed by atoms with Crippen LogP contribution in [0.25, 0.3) is 0 Å². The fourth-order valence-corrected chi connectivity index (χ4v) is 3.87. The molecule has 0 radical (unpaired) electrons. The summed E-state index contributed by atoms with van der Waals surface area (Å²) in [6.07, 6.45) is 1.49. The van der Waals surface area contributed by atoms with Crippen LogP contribution >= 0.6 is 11.8 Å². The van der Waals surface area contributed by atoms with Gasteiger partial charge in [0.2, 0.25) is 5.91 Å². The lowest BCUT2D eigenvalue weighted by Gasteiger charge is -2.25. The number of esters is 1. The number of ketones is 1. The molecule has 1 amide bonds. The van der Waals surface area contributed by atoms with Gasteiger partial charge >= 0.3 is 5.97 Å². The van der Waals surface area contributed by atoms with Crippen LogP contribution in [0.2, 0.25) is 0 Å². The molecule has 0 bridgehead atoms. The smallest absolute Gasteiger partial charge is 0.330 e. The lowest BCUT2D eigenvalue weighted by Crippen LogP contribution is -2.43. The van der Waals surface area contributed by atoms with E-state index in [1.54, 1.807) is 18.2 Å². The van der Waals surface area contributed by atoms with Crippen LogP contribution in [0, 0.1) is 22.7 Å². The van der Waals surface area contributed by atoms with E-state index < -0.39 is 35.7 Å². The molecule has 0 aliphatic carbocycles. The zero-order chi connectivity index (χ0) is 18.6. The van der Waals surface area contributed by atoms with Crippen LogP contribution in [0.15, 0.2) is 22.8 Å². The van der Waals surface area contributed by atoms with Crippen molar-refractivity contribution in [3.8, 4) is 6.07 Å². The van der Waals surface area contributed by atoms with Crippen molar-refractivity contribution in [3.05, 3.63) is 24.2 Å². The molecular formula is C16H17N3O5S. The molecule has 9 heteroatoms. The Morgan fingerprint density at radius 3 is 2.76 bits per heavy atom.